The third kappa shape index (κ3) is 4.42. The first-order chi connectivity index (χ1) is 14.4. The van der Waals surface area contributed by atoms with Crippen LogP contribution in [0.4, 0.5) is 5.69 Å². The Balaban J connectivity index is 1.55. The van der Waals surface area contributed by atoms with Crippen LogP contribution in [0.3, 0.4) is 0 Å². The normalized spacial score (nSPS) is 13.1. The van der Waals surface area contributed by atoms with Crippen molar-refractivity contribution >= 4 is 34.2 Å². The van der Waals surface area contributed by atoms with Crippen molar-refractivity contribution < 1.29 is 9.21 Å². The Morgan fingerprint density at radius 2 is 1.93 bits per heavy atom. The Morgan fingerprint density at radius 1 is 1.17 bits per heavy atom. The van der Waals surface area contributed by atoms with E-state index >= 15 is 0 Å². The van der Waals surface area contributed by atoms with Gasteiger partial charge in [0, 0.05) is 28.7 Å². The molecule has 0 unspecified atom stereocenters. The van der Waals surface area contributed by atoms with Gasteiger partial charge in [-0.3, -0.25) is 9.69 Å². The van der Waals surface area contributed by atoms with Gasteiger partial charge in [-0.2, -0.15) is 0 Å². The van der Waals surface area contributed by atoms with Gasteiger partial charge in [0.1, 0.15) is 5.58 Å². The lowest BCUT2D eigenvalue weighted by atomic mass is 10.0. The van der Waals surface area contributed by atoms with Crippen molar-refractivity contribution in [1.29, 1.82) is 0 Å². The van der Waals surface area contributed by atoms with Gasteiger partial charge in [-0.25, -0.2) is 4.79 Å². The molecule has 5 nitrogen and oxygen atoms in total. The van der Waals surface area contributed by atoms with Gasteiger partial charge in [-0.15, -0.1) is 0 Å². The van der Waals surface area contributed by atoms with E-state index < -0.39 is 0 Å². The first kappa shape index (κ1) is 20.6. The van der Waals surface area contributed by atoms with E-state index in [1.165, 1.54) is 11.1 Å². The first-order valence-electron chi connectivity index (χ1n) is 10.3. The number of amides is 1. The van der Waals surface area contributed by atoms with Gasteiger partial charge in [0.25, 0.3) is 0 Å². The van der Waals surface area contributed by atoms with E-state index in [0.717, 1.165) is 35.8 Å². The molecule has 1 heterocycles. The number of anilines is 1. The van der Waals surface area contributed by atoms with Crippen LogP contribution in [0.2, 0.25) is 5.02 Å². The molecule has 0 saturated heterocycles. The molecule has 6 heteroatoms. The first-order valence-corrected chi connectivity index (χ1v) is 10.7. The molecule has 30 heavy (non-hydrogen) atoms. The molecule has 0 fully saturated rings. The Bertz CT molecular complexity index is 1170. The fraction of sp³-hybridized carbons (Fsp3) is 0.333. The van der Waals surface area contributed by atoms with Crippen LogP contribution < -0.4 is 10.9 Å². The van der Waals surface area contributed by atoms with Crippen molar-refractivity contribution in [3.8, 4) is 0 Å². The second-order valence-corrected chi connectivity index (χ2v) is 8.31. The zero-order valence-electron chi connectivity index (χ0n) is 17.3. The molecule has 3 aromatic rings. The van der Waals surface area contributed by atoms with Gasteiger partial charge < -0.3 is 9.73 Å². The number of hydrogen-bond acceptors (Lipinski definition) is 4. The summed E-state index contributed by atoms with van der Waals surface area (Å²) < 4.78 is 5.46. The maximum atomic E-state index is 12.6. The van der Waals surface area contributed by atoms with Crippen LogP contribution in [-0.2, 0) is 24.2 Å². The summed E-state index contributed by atoms with van der Waals surface area (Å²) in [7, 11) is 0. The molecule has 0 saturated carbocycles. The third-order valence-corrected chi connectivity index (χ3v) is 5.96. The van der Waals surface area contributed by atoms with Gasteiger partial charge >= 0.3 is 5.63 Å². The van der Waals surface area contributed by atoms with E-state index in [9.17, 15) is 9.59 Å². The molecule has 4 rings (SSSR count). The molecule has 0 atom stereocenters. The molecule has 2 aromatic carbocycles. The van der Waals surface area contributed by atoms with Gasteiger partial charge in [-0.1, -0.05) is 24.6 Å². The van der Waals surface area contributed by atoms with Crippen LogP contribution in [-0.4, -0.2) is 23.9 Å². The van der Waals surface area contributed by atoms with Gasteiger partial charge in [0.15, 0.2) is 0 Å². The van der Waals surface area contributed by atoms with Gasteiger partial charge in [-0.05, 0) is 79.3 Å². The van der Waals surface area contributed by atoms with Crippen LogP contribution >= 0.6 is 11.6 Å². The topological polar surface area (TPSA) is 62.6 Å². The van der Waals surface area contributed by atoms with Crippen LogP contribution in [0.1, 0.15) is 35.6 Å². The molecule has 1 N–H and O–H groups in total. The van der Waals surface area contributed by atoms with Crippen LogP contribution in [0.25, 0.3) is 11.0 Å². The number of aryl methyl sites for hydroxylation is 3. The number of benzene rings is 2. The van der Waals surface area contributed by atoms with E-state index in [4.69, 9.17) is 16.0 Å². The molecule has 156 valence electrons. The molecular formula is C24H25ClN2O3. The number of hydrogen-bond donors (Lipinski definition) is 1. The smallest absolute Gasteiger partial charge is 0.336 e. The Kier molecular flexibility index (Phi) is 5.93. The number of halogens is 1. The predicted molar refractivity (Wildman–Crippen MR) is 120 cm³/mol. The number of rotatable bonds is 6. The Labute approximate surface area is 180 Å². The van der Waals surface area contributed by atoms with E-state index in [2.05, 4.69) is 11.4 Å². The van der Waals surface area contributed by atoms with Crippen LogP contribution in [0.5, 0.6) is 0 Å². The summed E-state index contributed by atoms with van der Waals surface area (Å²) in [6, 6.07) is 11.1. The van der Waals surface area contributed by atoms with Crippen molar-refractivity contribution in [3.05, 3.63) is 74.1 Å². The summed E-state index contributed by atoms with van der Waals surface area (Å²) in [6.45, 7) is 5.32. The van der Waals surface area contributed by atoms with E-state index in [1.54, 1.807) is 18.2 Å². The third-order valence-electron chi connectivity index (χ3n) is 5.72. The van der Waals surface area contributed by atoms with Gasteiger partial charge in [0.2, 0.25) is 5.91 Å². The molecule has 1 aliphatic carbocycles. The van der Waals surface area contributed by atoms with Crippen molar-refractivity contribution in [1.82, 2.24) is 4.90 Å². The number of carbonyl (C=O) groups excluding carboxylic acids is 1. The summed E-state index contributed by atoms with van der Waals surface area (Å²) in [5, 5.41) is 4.48. The minimum Gasteiger partial charge on any atom is -0.423 e. The number of likely N-dealkylation sites (N-methyl/N-ethyl adjacent to an activating group) is 1. The molecule has 0 spiro atoms. The SMILES string of the molecule is CCN(CC(=O)Nc1cc(Cl)ccc1C)Cc1cc(=O)oc2cc3c(cc12)CCC3. The minimum absolute atomic E-state index is 0.115. The standard InChI is InChI=1S/C24H25ClN2O3/c1-3-27(14-23(28)26-21-12-19(25)8-7-15(21)2)13-18-11-24(29)30-22-10-17-6-4-5-16(17)9-20(18)22/h7-12H,3-6,13-14H2,1-2H3,(H,26,28). The molecule has 0 aliphatic heterocycles. The summed E-state index contributed by atoms with van der Waals surface area (Å²) in [4.78, 5) is 26.8. The van der Waals surface area contributed by atoms with Crippen LogP contribution in [0.15, 0.2) is 45.6 Å². The second kappa shape index (κ2) is 8.62. The van der Waals surface area contributed by atoms with Gasteiger partial charge in [0.05, 0.1) is 6.54 Å². The quantitative estimate of drug-likeness (QED) is 0.582. The molecule has 0 radical (unpaired) electrons. The average Bonchev–Trinajstić information content (AvgIpc) is 3.16. The molecule has 1 amide bonds. The molecular weight excluding hydrogens is 400 g/mol. The average molecular weight is 425 g/mol. The minimum atomic E-state index is -0.356. The fourth-order valence-electron chi connectivity index (χ4n) is 4.07. The Hall–Kier alpha value is -2.63. The number of nitrogens with zero attached hydrogens (tertiary/aromatic N) is 1. The highest BCUT2D eigenvalue weighted by atomic mass is 35.5. The van der Waals surface area contributed by atoms with Crippen LogP contribution in [0, 0.1) is 6.92 Å². The fourth-order valence-corrected chi connectivity index (χ4v) is 4.24. The summed E-state index contributed by atoms with van der Waals surface area (Å²) in [6.07, 6.45) is 3.22. The maximum Gasteiger partial charge on any atom is 0.336 e. The summed E-state index contributed by atoms with van der Waals surface area (Å²) >= 11 is 6.05. The monoisotopic (exact) mass is 424 g/mol. The second-order valence-electron chi connectivity index (χ2n) is 7.87. The number of nitrogens with one attached hydrogen (secondary N) is 1. The number of fused-ring (bicyclic) bond motifs is 2. The maximum absolute atomic E-state index is 12.6. The molecule has 0 bridgehead atoms. The molecule has 1 aromatic heterocycles. The van der Waals surface area contributed by atoms with Crippen molar-refractivity contribution in [2.45, 2.75) is 39.7 Å². The highest BCUT2D eigenvalue weighted by molar-refractivity contribution is 6.31. The zero-order chi connectivity index (χ0) is 21.3. The van der Waals surface area contributed by atoms with Crippen molar-refractivity contribution in [3.63, 3.8) is 0 Å². The highest BCUT2D eigenvalue weighted by Gasteiger charge is 2.17. The predicted octanol–water partition coefficient (Wildman–Crippen LogP) is 4.70. The molecule has 1 aliphatic rings. The summed E-state index contributed by atoms with van der Waals surface area (Å²) in [5.74, 6) is -0.115. The lowest BCUT2D eigenvalue weighted by Crippen LogP contribution is -2.33. The zero-order valence-corrected chi connectivity index (χ0v) is 18.0. The Morgan fingerprint density at radius 3 is 2.70 bits per heavy atom. The summed E-state index contributed by atoms with van der Waals surface area (Å²) in [5.41, 5.74) is 5.44. The van der Waals surface area contributed by atoms with E-state index in [0.29, 0.717) is 29.4 Å². The number of carbonyl (C=O) groups is 1. The van der Waals surface area contributed by atoms with Crippen molar-refractivity contribution in [2.75, 3.05) is 18.4 Å². The van der Waals surface area contributed by atoms with Crippen molar-refractivity contribution in [2.24, 2.45) is 0 Å². The lowest BCUT2D eigenvalue weighted by molar-refractivity contribution is -0.117. The largest absolute Gasteiger partial charge is 0.423 e. The van der Waals surface area contributed by atoms with E-state index in [-0.39, 0.29) is 18.1 Å². The van der Waals surface area contributed by atoms with E-state index in [1.807, 2.05) is 30.9 Å². The highest BCUT2D eigenvalue weighted by Crippen LogP contribution is 2.29. The lowest BCUT2D eigenvalue weighted by Gasteiger charge is -2.21.